The van der Waals surface area contributed by atoms with Gasteiger partial charge in [0.1, 0.15) is 17.2 Å². The molecule has 1 amide bonds. The summed E-state index contributed by atoms with van der Waals surface area (Å²) in [6, 6.07) is 11.2. The topological polar surface area (TPSA) is 73.3 Å². The van der Waals surface area contributed by atoms with Crippen molar-refractivity contribution in [1.29, 1.82) is 0 Å². The SMILES string of the molecule is COc1ccc(OCC(=O)Nc2nc(-c3ccccn3)cs2)c(C(C)(C)C)c1. The third-order valence-electron chi connectivity index (χ3n) is 4.03. The number of nitrogens with zero attached hydrogens (tertiary/aromatic N) is 2. The van der Waals surface area contributed by atoms with Crippen molar-refractivity contribution in [2.45, 2.75) is 26.2 Å². The molecule has 146 valence electrons. The van der Waals surface area contributed by atoms with Crippen molar-refractivity contribution < 1.29 is 14.3 Å². The van der Waals surface area contributed by atoms with Gasteiger partial charge >= 0.3 is 0 Å². The van der Waals surface area contributed by atoms with Gasteiger partial charge in [-0.2, -0.15) is 0 Å². The number of hydrogen-bond acceptors (Lipinski definition) is 6. The molecule has 0 saturated heterocycles. The maximum atomic E-state index is 12.3. The summed E-state index contributed by atoms with van der Waals surface area (Å²) in [5.74, 6) is 1.15. The summed E-state index contributed by atoms with van der Waals surface area (Å²) < 4.78 is 11.1. The number of nitrogens with one attached hydrogen (secondary N) is 1. The number of anilines is 1. The number of carbonyl (C=O) groups excluding carboxylic acids is 1. The molecule has 0 saturated carbocycles. The molecule has 7 heteroatoms. The summed E-state index contributed by atoms with van der Waals surface area (Å²) in [6.45, 7) is 6.16. The molecule has 3 aromatic rings. The van der Waals surface area contributed by atoms with E-state index in [9.17, 15) is 4.79 Å². The fraction of sp³-hybridized carbons (Fsp3) is 0.286. The summed E-state index contributed by atoms with van der Waals surface area (Å²) in [7, 11) is 1.63. The first-order valence-electron chi connectivity index (χ1n) is 8.85. The van der Waals surface area contributed by atoms with Crippen LogP contribution in [0.5, 0.6) is 11.5 Å². The van der Waals surface area contributed by atoms with E-state index in [1.807, 2.05) is 41.8 Å². The maximum absolute atomic E-state index is 12.3. The van der Waals surface area contributed by atoms with Crippen LogP contribution in [-0.4, -0.2) is 29.6 Å². The number of amides is 1. The summed E-state index contributed by atoms with van der Waals surface area (Å²) >= 11 is 1.35. The number of pyridine rings is 1. The highest BCUT2D eigenvalue weighted by Gasteiger charge is 2.20. The molecule has 0 spiro atoms. The number of methoxy groups -OCH3 is 1. The number of hydrogen-bond donors (Lipinski definition) is 1. The molecule has 6 nitrogen and oxygen atoms in total. The lowest BCUT2D eigenvalue weighted by molar-refractivity contribution is -0.118. The molecule has 0 aliphatic heterocycles. The predicted molar refractivity (Wildman–Crippen MR) is 111 cm³/mol. The van der Waals surface area contributed by atoms with E-state index in [1.165, 1.54) is 11.3 Å². The van der Waals surface area contributed by atoms with Crippen molar-refractivity contribution in [2.75, 3.05) is 19.0 Å². The van der Waals surface area contributed by atoms with Gasteiger partial charge in [-0.15, -0.1) is 11.3 Å². The van der Waals surface area contributed by atoms with Gasteiger partial charge in [0.25, 0.3) is 5.91 Å². The van der Waals surface area contributed by atoms with Gasteiger partial charge < -0.3 is 9.47 Å². The zero-order valence-corrected chi connectivity index (χ0v) is 17.2. The van der Waals surface area contributed by atoms with Crippen molar-refractivity contribution in [2.24, 2.45) is 0 Å². The van der Waals surface area contributed by atoms with Gasteiger partial charge in [-0.3, -0.25) is 15.1 Å². The van der Waals surface area contributed by atoms with E-state index in [0.717, 1.165) is 22.7 Å². The van der Waals surface area contributed by atoms with Crippen molar-refractivity contribution in [3.8, 4) is 22.9 Å². The Balaban J connectivity index is 1.64. The Hall–Kier alpha value is -2.93. The van der Waals surface area contributed by atoms with Crippen molar-refractivity contribution in [3.63, 3.8) is 0 Å². The van der Waals surface area contributed by atoms with E-state index in [1.54, 1.807) is 13.3 Å². The molecule has 0 atom stereocenters. The lowest BCUT2D eigenvalue weighted by Crippen LogP contribution is -2.22. The number of aromatic nitrogens is 2. The smallest absolute Gasteiger partial charge is 0.264 e. The van der Waals surface area contributed by atoms with Gasteiger partial charge in [-0.25, -0.2) is 4.98 Å². The number of benzene rings is 1. The minimum absolute atomic E-state index is 0.103. The van der Waals surface area contributed by atoms with E-state index in [2.05, 4.69) is 36.1 Å². The third-order valence-corrected chi connectivity index (χ3v) is 4.79. The fourth-order valence-corrected chi connectivity index (χ4v) is 3.33. The highest BCUT2D eigenvalue weighted by Crippen LogP contribution is 2.34. The van der Waals surface area contributed by atoms with Gasteiger partial charge in [0, 0.05) is 17.1 Å². The van der Waals surface area contributed by atoms with Crippen molar-refractivity contribution in [1.82, 2.24) is 9.97 Å². The zero-order valence-electron chi connectivity index (χ0n) is 16.4. The summed E-state index contributed by atoms with van der Waals surface area (Å²) in [5.41, 5.74) is 2.33. The Morgan fingerprint density at radius 1 is 1.18 bits per heavy atom. The Bertz CT molecular complexity index is 949. The molecule has 0 fully saturated rings. The average Bonchev–Trinajstić information content (AvgIpc) is 3.14. The van der Waals surface area contributed by atoms with E-state index in [4.69, 9.17) is 9.47 Å². The standard InChI is InChI=1S/C21H23N3O3S/c1-21(2,3)15-11-14(26-4)8-9-18(15)27-12-19(25)24-20-23-17(13-28-20)16-7-5-6-10-22-16/h5-11,13H,12H2,1-4H3,(H,23,24,25). The molecule has 0 radical (unpaired) electrons. The largest absolute Gasteiger partial charge is 0.497 e. The van der Waals surface area contributed by atoms with E-state index in [0.29, 0.717) is 10.9 Å². The molecule has 1 aromatic carbocycles. The minimum atomic E-state index is -0.266. The quantitative estimate of drug-likeness (QED) is 0.662. The second-order valence-electron chi connectivity index (χ2n) is 7.20. The summed E-state index contributed by atoms with van der Waals surface area (Å²) in [6.07, 6.45) is 1.71. The van der Waals surface area contributed by atoms with Gasteiger partial charge in [-0.1, -0.05) is 26.8 Å². The monoisotopic (exact) mass is 397 g/mol. The maximum Gasteiger partial charge on any atom is 0.264 e. The van der Waals surface area contributed by atoms with Gasteiger partial charge in [0.05, 0.1) is 12.8 Å². The first-order chi connectivity index (χ1) is 13.4. The van der Waals surface area contributed by atoms with E-state index >= 15 is 0 Å². The van der Waals surface area contributed by atoms with Gasteiger partial charge in [0.2, 0.25) is 0 Å². The van der Waals surface area contributed by atoms with Crippen LogP contribution in [0.3, 0.4) is 0 Å². The first-order valence-corrected chi connectivity index (χ1v) is 9.73. The highest BCUT2D eigenvalue weighted by atomic mass is 32.1. The minimum Gasteiger partial charge on any atom is -0.497 e. The first kappa shape index (κ1) is 19.8. The Labute approximate surface area is 168 Å². The number of rotatable bonds is 6. The van der Waals surface area contributed by atoms with E-state index in [-0.39, 0.29) is 17.9 Å². The lowest BCUT2D eigenvalue weighted by Gasteiger charge is -2.23. The van der Waals surface area contributed by atoms with Crippen LogP contribution < -0.4 is 14.8 Å². The zero-order chi connectivity index (χ0) is 20.1. The number of carbonyl (C=O) groups is 1. The molecule has 0 bridgehead atoms. The normalized spacial score (nSPS) is 11.1. The molecular formula is C21H23N3O3S. The molecule has 0 aliphatic rings. The van der Waals surface area contributed by atoms with E-state index < -0.39 is 0 Å². The van der Waals surface area contributed by atoms with Crippen molar-refractivity contribution in [3.05, 3.63) is 53.5 Å². The van der Waals surface area contributed by atoms with Crippen LogP contribution in [0.15, 0.2) is 48.0 Å². The Kier molecular flexibility index (Phi) is 5.94. The number of ether oxygens (including phenoxy) is 2. The summed E-state index contributed by atoms with van der Waals surface area (Å²) in [5, 5.41) is 5.15. The van der Waals surface area contributed by atoms with Crippen molar-refractivity contribution >= 4 is 22.4 Å². The molecule has 0 unspecified atom stereocenters. The van der Waals surface area contributed by atoms with Crippen LogP contribution in [0.2, 0.25) is 0 Å². The molecule has 2 heterocycles. The predicted octanol–water partition coefficient (Wildman–Crippen LogP) is 4.53. The lowest BCUT2D eigenvalue weighted by atomic mass is 9.86. The Morgan fingerprint density at radius 3 is 2.68 bits per heavy atom. The second kappa shape index (κ2) is 8.39. The molecule has 0 aliphatic carbocycles. The van der Waals surface area contributed by atoms with Crippen LogP contribution >= 0.6 is 11.3 Å². The van der Waals surface area contributed by atoms with Crippen LogP contribution in [0, 0.1) is 0 Å². The molecule has 3 rings (SSSR count). The van der Waals surface area contributed by atoms with Crippen LogP contribution in [0.4, 0.5) is 5.13 Å². The van der Waals surface area contributed by atoms with Crippen LogP contribution in [-0.2, 0) is 10.2 Å². The highest BCUT2D eigenvalue weighted by molar-refractivity contribution is 7.14. The van der Waals surface area contributed by atoms with Crippen LogP contribution in [0.1, 0.15) is 26.3 Å². The fourth-order valence-electron chi connectivity index (χ4n) is 2.61. The molecule has 1 N–H and O–H groups in total. The third kappa shape index (κ3) is 4.86. The molecule has 2 aromatic heterocycles. The molecule has 28 heavy (non-hydrogen) atoms. The Morgan fingerprint density at radius 2 is 2.00 bits per heavy atom. The number of thiazole rings is 1. The van der Waals surface area contributed by atoms with Crippen LogP contribution in [0.25, 0.3) is 11.4 Å². The van der Waals surface area contributed by atoms with Gasteiger partial charge in [0.15, 0.2) is 11.7 Å². The summed E-state index contributed by atoms with van der Waals surface area (Å²) in [4.78, 5) is 21.0. The average molecular weight is 398 g/mol. The second-order valence-corrected chi connectivity index (χ2v) is 8.06. The van der Waals surface area contributed by atoms with Gasteiger partial charge in [-0.05, 0) is 35.7 Å². The molecular weight excluding hydrogens is 374 g/mol.